The van der Waals surface area contributed by atoms with Crippen LogP contribution in [0.25, 0.3) is 26.2 Å². The monoisotopic (exact) mass is 359 g/mol. The highest BCUT2D eigenvalue weighted by Gasteiger charge is 2.25. The molecule has 0 radical (unpaired) electrons. The molecule has 0 saturated carbocycles. The summed E-state index contributed by atoms with van der Waals surface area (Å²) in [7, 11) is 0. The van der Waals surface area contributed by atoms with Gasteiger partial charge in [0.05, 0.1) is 15.8 Å². The van der Waals surface area contributed by atoms with E-state index < -0.39 is 11.5 Å². The zero-order valence-electron chi connectivity index (χ0n) is 13.8. The number of aryl methyl sites for hydroxylation is 1. The van der Waals surface area contributed by atoms with E-state index in [4.69, 9.17) is 5.73 Å². The van der Waals surface area contributed by atoms with Gasteiger partial charge >= 0.3 is 0 Å². The first-order valence-electron chi connectivity index (χ1n) is 7.90. The van der Waals surface area contributed by atoms with Gasteiger partial charge in [-0.1, -0.05) is 42.0 Å². The summed E-state index contributed by atoms with van der Waals surface area (Å²) in [6.45, 7) is 1.94. The summed E-state index contributed by atoms with van der Waals surface area (Å²) >= 11 is 1.31. The van der Waals surface area contributed by atoms with Crippen LogP contribution >= 0.6 is 11.3 Å². The lowest BCUT2D eigenvalue weighted by Crippen LogP contribution is -2.23. The van der Waals surface area contributed by atoms with Crippen molar-refractivity contribution < 1.29 is 4.79 Å². The van der Waals surface area contributed by atoms with E-state index in [1.54, 1.807) is 18.2 Å². The summed E-state index contributed by atoms with van der Waals surface area (Å²) in [5.41, 5.74) is 7.98. The second kappa shape index (κ2) is 5.83. The SMILES string of the molecule is Cc1ccc(-c2c(C#N)c(=O)n3c(sc4ccccc43)c2C(N)=O)cc1. The van der Waals surface area contributed by atoms with Gasteiger partial charge in [0.15, 0.2) is 0 Å². The van der Waals surface area contributed by atoms with Crippen LogP contribution in [0.4, 0.5) is 0 Å². The average Bonchev–Trinajstić information content (AvgIpc) is 3.01. The Morgan fingerprint density at radius 2 is 1.85 bits per heavy atom. The normalized spacial score (nSPS) is 10.9. The smallest absolute Gasteiger partial charge is 0.274 e. The van der Waals surface area contributed by atoms with Gasteiger partial charge in [-0.3, -0.25) is 14.0 Å². The zero-order chi connectivity index (χ0) is 18.4. The first-order valence-corrected chi connectivity index (χ1v) is 8.71. The van der Waals surface area contributed by atoms with Gasteiger partial charge in [0.2, 0.25) is 0 Å². The Balaban J connectivity index is 2.28. The molecule has 0 fully saturated rings. The molecule has 0 aliphatic rings. The van der Waals surface area contributed by atoms with Crippen LogP contribution in [0.3, 0.4) is 0 Å². The van der Waals surface area contributed by atoms with Crippen molar-refractivity contribution in [2.75, 3.05) is 0 Å². The number of para-hydroxylation sites is 1. The number of hydrogen-bond donors (Lipinski definition) is 1. The summed E-state index contributed by atoms with van der Waals surface area (Å²) in [6.07, 6.45) is 0. The third kappa shape index (κ3) is 2.22. The van der Waals surface area contributed by atoms with Crippen LogP contribution in [0.2, 0.25) is 0 Å². The largest absolute Gasteiger partial charge is 0.365 e. The number of aromatic nitrogens is 1. The number of fused-ring (bicyclic) bond motifs is 3. The second-order valence-electron chi connectivity index (χ2n) is 5.98. The quantitative estimate of drug-likeness (QED) is 0.594. The Morgan fingerprint density at radius 3 is 2.50 bits per heavy atom. The van der Waals surface area contributed by atoms with Crippen molar-refractivity contribution in [3.63, 3.8) is 0 Å². The van der Waals surface area contributed by atoms with E-state index in [0.717, 1.165) is 10.3 Å². The van der Waals surface area contributed by atoms with Gasteiger partial charge in [0.25, 0.3) is 11.5 Å². The predicted octanol–water partition coefficient (Wildman–Crippen LogP) is 3.46. The molecule has 1 amide bonds. The molecule has 4 aromatic rings. The number of nitrogens with two attached hydrogens (primary N) is 1. The average molecular weight is 359 g/mol. The fourth-order valence-electron chi connectivity index (χ4n) is 3.14. The van der Waals surface area contributed by atoms with E-state index in [0.29, 0.717) is 21.5 Å². The van der Waals surface area contributed by atoms with Crippen LogP contribution in [0.5, 0.6) is 0 Å². The summed E-state index contributed by atoms with van der Waals surface area (Å²) in [5, 5.41) is 9.68. The van der Waals surface area contributed by atoms with Gasteiger partial charge in [-0.05, 0) is 24.6 Å². The van der Waals surface area contributed by atoms with E-state index in [1.807, 2.05) is 43.3 Å². The van der Waals surface area contributed by atoms with Crippen molar-refractivity contribution in [2.45, 2.75) is 6.92 Å². The Labute approximate surface area is 152 Å². The number of rotatable bonds is 2. The van der Waals surface area contributed by atoms with Crippen LogP contribution < -0.4 is 11.3 Å². The third-order valence-electron chi connectivity index (χ3n) is 4.35. The minimum absolute atomic E-state index is 0.0799. The number of carbonyl (C=O) groups is 1. The van der Waals surface area contributed by atoms with Crippen LogP contribution in [-0.4, -0.2) is 10.3 Å². The van der Waals surface area contributed by atoms with Gasteiger partial charge in [0.1, 0.15) is 16.5 Å². The molecular formula is C20H13N3O2S. The van der Waals surface area contributed by atoms with Crippen LogP contribution in [0, 0.1) is 18.3 Å². The highest BCUT2D eigenvalue weighted by Crippen LogP contribution is 2.34. The van der Waals surface area contributed by atoms with Crippen molar-refractivity contribution in [2.24, 2.45) is 5.73 Å². The van der Waals surface area contributed by atoms with Crippen LogP contribution in [-0.2, 0) is 0 Å². The minimum atomic E-state index is -0.666. The van der Waals surface area contributed by atoms with E-state index in [1.165, 1.54) is 15.7 Å². The Hall–Kier alpha value is -3.43. The van der Waals surface area contributed by atoms with Crippen LogP contribution in [0.15, 0.2) is 53.3 Å². The van der Waals surface area contributed by atoms with Gasteiger partial charge in [-0.25, -0.2) is 0 Å². The lowest BCUT2D eigenvalue weighted by Gasteiger charge is -2.11. The van der Waals surface area contributed by atoms with Crippen molar-refractivity contribution >= 4 is 32.3 Å². The Kier molecular flexibility index (Phi) is 3.60. The molecule has 0 bridgehead atoms. The lowest BCUT2D eigenvalue weighted by atomic mass is 9.95. The molecule has 2 heterocycles. The second-order valence-corrected chi connectivity index (χ2v) is 7.01. The molecular weight excluding hydrogens is 346 g/mol. The molecule has 2 aromatic carbocycles. The standard InChI is InChI=1S/C20H13N3O2S/c1-11-6-8-12(9-7-11)16-13(10-21)19(25)23-14-4-2-3-5-15(14)26-20(23)17(16)18(22)24/h2-9H,1H3,(H2,22,24). The number of benzene rings is 2. The lowest BCUT2D eigenvalue weighted by molar-refractivity contribution is 0.100. The van der Waals surface area contributed by atoms with E-state index in [9.17, 15) is 14.9 Å². The number of carbonyl (C=O) groups excluding carboxylic acids is 1. The molecule has 2 aromatic heterocycles. The molecule has 6 heteroatoms. The van der Waals surface area contributed by atoms with Crippen molar-refractivity contribution in [1.29, 1.82) is 5.26 Å². The molecule has 0 atom stereocenters. The van der Waals surface area contributed by atoms with E-state index in [2.05, 4.69) is 0 Å². The molecule has 4 rings (SSSR count). The maximum absolute atomic E-state index is 13.1. The number of nitrogens with zero attached hydrogens (tertiary/aromatic N) is 2. The fraction of sp³-hybridized carbons (Fsp3) is 0.0500. The molecule has 0 spiro atoms. The zero-order valence-corrected chi connectivity index (χ0v) is 14.6. The number of pyridine rings is 1. The van der Waals surface area contributed by atoms with Crippen LogP contribution in [0.1, 0.15) is 21.5 Å². The first-order chi connectivity index (χ1) is 12.5. The summed E-state index contributed by atoms with van der Waals surface area (Å²) in [5.74, 6) is -0.666. The number of hydrogen-bond acceptors (Lipinski definition) is 4. The van der Waals surface area contributed by atoms with Gasteiger partial charge in [-0.2, -0.15) is 5.26 Å². The van der Waals surface area contributed by atoms with E-state index >= 15 is 0 Å². The molecule has 26 heavy (non-hydrogen) atoms. The highest BCUT2D eigenvalue weighted by atomic mass is 32.1. The van der Waals surface area contributed by atoms with Crippen molar-refractivity contribution in [3.8, 4) is 17.2 Å². The molecule has 2 N–H and O–H groups in total. The highest BCUT2D eigenvalue weighted by molar-refractivity contribution is 7.24. The van der Waals surface area contributed by atoms with E-state index in [-0.39, 0.29) is 11.1 Å². The van der Waals surface area contributed by atoms with Gasteiger partial charge in [-0.15, -0.1) is 11.3 Å². The molecule has 126 valence electrons. The summed E-state index contributed by atoms with van der Waals surface area (Å²) < 4.78 is 2.26. The predicted molar refractivity (Wildman–Crippen MR) is 102 cm³/mol. The summed E-state index contributed by atoms with van der Waals surface area (Å²) in [6, 6.07) is 16.6. The maximum atomic E-state index is 13.1. The summed E-state index contributed by atoms with van der Waals surface area (Å²) in [4.78, 5) is 25.9. The maximum Gasteiger partial charge on any atom is 0.274 e. The third-order valence-corrected chi connectivity index (χ3v) is 5.49. The number of amides is 1. The first kappa shape index (κ1) is 16.1. The number of thiazole rings is 1. The number of nitriles is 1. The van der Waals surface area contributed by atoms with Gasteiger partial charge in [0, 0.05) is 5.56 Å². The fourth-order valence-corrected chi connectivity index (χ4v) is 4.34. The Morgan fingerprint density at radius 1 is 1.15 bits per heavy atom. The molecule has 0 aliphatic carbocycles. The van der Waals surface area contributed by atoms with Crippen molar-refractivity contribution in [3.05, 3.63) is 75.6 Å². The van der Waals surface area contributed by atoms with Crippen molar-refractivity contribution in [1.82, 2.24) is 4.40 Å². The molecule has 0 unspecified atom stereocenters. The van der Waals surface area contributed by atoms with Gasteiger partial charge < -0.3 is 5.73 Å². The molecule has 5 nitrogen and oxygen atoms in total. The minimum Gasteiger partial charge on any atom is -0.365 e. The topological polar surface area (TPSA) is 88.4 Å². The Bertz CT molecular complexity index is 1290. The molecule has 0 aliphatic heterocycles. The molecule has 0 saturated heterocycles. The number of primary amides is 1.